The number of carbonyl (C=O) groups excluding carboxylic acids is 2. The van der Waals surface area contributed by atoms with Crippen molar-refractivity contribution in [2.45, 2.75) is 46.6 Å². The standard InChI is InChI=1S/C30H33N3O3/c1-18(2)13-14-32-15-23-27(21-9-11-22(12-10-21)36-17-19(3)4)29-25(16-33(20(5)34)30(29)35)31-24-7-6-8-26(32)28(23)24/h6-12,15,18,27,31H,3,13-14,16-17H2,1-2,4-5H3. The first-order valence-corrected chi connectivity index (χ1v) is 12.6. The van der Waals surface area contributed by atoms with Gasteiger partial charge in [0.1, 0.15) is 12.4 Å². The van der Waals surface area contributed by atoms with Gasteiger partial charge in [-0.05, 0) is 60.2 Å². The van der Waals surface area contributed by atoms with E-state index < -0.39 is 0 Å². The first-order chi connectivity index (χ1) is 17.2. The Morgan fingerprint density at radius 1 is 1.17 bits per heavy atom. The molecule has 186 valence electrons. The van der Waals surface area contributed by atoms with E-state index in [2.05, 4.69) is 48.6 Å². The lowest BCUT2D eigenvalue weighted by atomic mass is 9.84. The molecule has 5 rings (SSSR count). The van der Waals surface area contributed by atoms with Crippen LogP contribution in [0.25, 0.3) is 10.9 Å². The zero-order valence-electron chi connectivity index (χ0n) is 21.4. The van der Waals surface area contributed by atoms with Crippen LogP contribution in [0.1, 0.15) is 51.2 Å². The van der Waals surface area contributed by atoms with Gasteiger partial charge < -0.3 is 14.6 Å². The highest BCUT2D eigenvalue weighted by Crippen LogP contribution is 2.46. The molecule has 6 heteroatoms. The fourth-order valence-electron chi connectivity index (χ4n) is 5.17. The smallest absolute Gasteiger partial charge is 0.259 e. The van der Waals surface area contributed by atoms with Crippen molar-refractivity contribution < 1.29 is 14.3 Å². The summed E-state index contributed by atoms with van der Waals surface area (Å²) >= 11 is 0. The van der Waals surface area contributed by atoms with E-state index >= 15 is 0 Å². The number of imide groups is 1. The van der Waals surface area contributed by atoms with Crippen molar-refractivity contribution in [3.8, 4) is 5.75 Å². The molecule has 2 aliphatic heterocycles. The Hall–Kier alpha value is -3.80. The van der Waals surface area contributed by atoms with Crippen molar-refractivity contribution >= 4 is 28.4 Å². The number of carbonyl (C=O) groups is 2. The summed E-state index contributed by atoms with van der Waals surface area (Å²) in [5, 5.41) is 4.67. The predicted molar refractivity (Wildman–Crippen MR) is 143 cm³/mol. The number of rotatable bonds is 7. The Bertz CT molecular complexity index is 1390. The Morgan fingerprint density at radius 3 is 2.58 bits per heavy atom. The van der Waals surface area contributed by atoms with Gasteiger partial charge in [0, 0.05) is 42.4 Å². The van der Waals surface area contributed by atoms with Crippen LogP contribution < -0.4 is 10.1 Å². The lowest BCUT2D eigenvalue weighted by Gasteiger charge is -2.20. The Balaban J connectivity index is 1.66. The molecule has 2 amide bonds. The molecule has 0 spiro atoms. The van der Waals surface area contributed by atoms with Crippen LogP contribution in [0.3, 0.4) is 0 Å². The second kappa shape index (κ2) is 9.34. The number of nitrogens with one attached hydrogen (secondary N) is 1. The molecule has 0 saturated heterocycles. The molecule has 0 fully saturated rings. The number of aromatic nitrogens is 1. The van der Waals surface area contributed by atoms with E-state index in [9.17, 15) is 9.59 Å². The molecular formula is C30H33N3O3. The number of anilines is 1. The summed E-state index contributed by atoms with van der Waals surface area (Å²) in [5.74, 6) is 0.563. The molecule has 2 aliphatic rings. The van der Waals surface area contributed by atoms with Crippen molar-refractivity contribution in [2.75, 3.05) is 18.5 Å². The minimum atomic E-state index is -0.300. The van der Waals surface area contributed by atoms with Gasteiger partial charge in [0.05, 0.1) is 17.6 Å². The van der Waals surface area contributed by atoms with Crippen LogP contribution in [0.4, 0.5) is 5.69 Å². The molecule has 3 heterocycles. The number of benzene rings is 2. The summed E-state index contributed by atoms with van der Waals surface area (Å²) in [5.41, 5.74) is 6.58. The molecule has 0 saturated carbocycles. The minimum Gasteiger partial charge on any atom is -0.489 e. The van der Waals surface area contributed by atoms with Crippen molar-refractivity contribution in [1.82, 2.24) is 9.47 Å². The van der Waals surface area contributed by atoms with Crippen LogP contribution in [-0.4, -0.2) is 34.4 Å². The lowest BCUT2D eigenvalue weighted by Crippen LogP contribution is -2.33. The van der Waals surface area contributed by atoms with Crippen LogP contribution >= 0.6 is 0 Å². The van der Waals surface area contributed by atoms with E-state index in [0.717, 1.165) is 57.7 Å². The zero-order valence-corrected chi connectivity index (χ0v) is 21.4. The van der Waals surface area contributed by atoms with Gasteiger partial charge in [-0.15, -0.1) is 0 Å². The largest absolute Gasteiger partial charge is 0.489 e. The highest BCUT2D eigenvalue weighted by molar-refractivity contribution is 6.11. The van der Waals surface area contributed by atoms with Crippen molar-refractivity contribution in [3.05, 3.63) is 83.2 Å². The molecule has 0 bridgehead atoms. The molecule has 1 N–H and O–H groups in total. The monoisotopic (exact) mass is 483 g/mol. The molecule has 3 aromatic rings. The third kappa shape index (κ3) is 4.21. The number of hydrogen-bond donors (Lipinski definition) is 1. The van der Waals surface area contributed by atoms with E-state index in [0.29, 0.717) is 18.1 Å². The number of amides is 2. The summed E-state index contributed by atoms with van der Waals surface area (Å²) in [6.45, 7) is 13.4. The topological polar surface area (TPSA) is 63.6 Å². The van der Waals surface area contributed by atoms with E-state index in [1.165, 1.54) is 11.8 Å². The van der Waals surface area contributed by atoms with Gasteiger partial charge in [0.25, 0.3) is 5.91 Å². The summed E-state index contributed by atoms with van der Waals surface area (Å²) < 4.78 is 8.12. The van der Waals surface area contributed by atoms with E-state index in [-0.39, 0.29) is 24.3 Å². The minimum absolute atomic E-state index is 0.228. The van der Waals surface area contributed by atoms with E-state index in [1.807, 2.05) is 37.3 Å². The fraction of sp³-hybridized carbons (Fsp3) is 0.333. The van der Waals surface area contributed by atoms with Crippen LogP contribution in [0.5, 0.6) is 5.75 Å². The third-order valence-corrected chi connectivity index (χ3v) is 6.96. The van der Waals surface area contributed by atoms with E-state index in [1.54, 1.807) is 0 Å². The number of nitrogens with zero attached hydrogens (tertiary/aromatic N) is 2. The molecule has 0 aliphatic carbocycles. The van der Waals surface area contributed by atoms with Gasteiger partial charge in [0.15, 0.2) is 0 Å². The van der Waals surface area contributed by atoms with Gasteiger partial charge in [0.2, 0.25) is 5.91 Å². The van der Waals surface area contributed by atoms with E-state index in [4.69, 9.17) is 4.74 Å². The summed E-state index contributed by atoms with van der Waals surface area (Å²) in [4.78, 5) is 27.3. The Kier molecular flexibility index (Phi) is 6.20. The van der Waals surface area contributed by atoms with Crippen LogP contribution in [0.2, 0.25) is 0 Å². The summed E-state index contributed by atoms with van der Waals surface area (Å²) in [6, 6.07) is 14.2. The molecule has 0 radical (unpaired) electrons. The quantitative estimate of drug-likeness (QED) is 0.429. The van der Waals surface area contributed by atoms with Crippen molar-refractivity contribution in [2.24, 2.45) is 5.92 Å². The fourth-order valence-corrected chi connectivity index (χ4v) is 5.17. The van der Waals surface area contributed by atoms with Gasteiger partial charge in [-0.2, -0.15) is 0 Å². The van der Waals surface area contributed by atoms with Crippen LogP contribution in [0, 0.1) is 5.92 Å². The normalized spacial score (nSPS) is 16.9. The Morgan fingerprint density at radius 2 is 1.92 bits per heavy atom. The van der Waals surface area contributed by atoms with Gasteiger partial charge in [-0.25, -0.2) is 0 Å². The van der Waals surface area contributed by atoms with Gasteiger partial charge in [-0.3, -0.25) is 14.5 Å². The average Bonchev–Trinajstić information content (AvgIpc) is 3.32. The molecule has 1 unspecified atom stereocenters. The predicted octanol–water partition coefficient (Wildman–Crippen LogP) is 5.84. The lowest BCUT2D eigenvalue weighted by molar-refractivity contribution is -0.139. The second-order valence-corrected chi connectivity index (χ2v) is 10.3. The molecule has 1 aromatic heterocycles. The highest BCUT2D eigenvalue weighted by atomic mass is 16.5. The van der Waals surface area contributed by atoms with Gasteiger partial charge in [-0.1, -0.05) is 38.6 Å². The first-order valence-electron chi connectivity index (χ1n) is 12.6. The molecular weight excluding hydrogens is 450 g/mol. The molecule has 2 aromatic carbocycles. The van der Waals surface area contributed by atoms with Crippen LogP contribution in [0.15, 0.2) is 72.1 Å². The average molecular weight is 484 g/mol. The first kappa shape index (κ1) is 23.9. The maximum atomic E-state index is 13.6. The van der Waals surface area contributed by atoms with Crippen molar-refractivity contribution in [3.63, 3.8) is 0 Å². The molecule has 6 nitrogen and oxygen atoms in total. The van der Waals surface area contributed by atoms with Crippen molar-refractivity contribution in [1.29, 1.82) is 0 Å². The highest BCUT2D eigenvalue weighted by Gasteiger charge is 2.41. The summed E-state index contributed by atoms with van der Waals surface area (Å²) in [6.07, 6.45) is 3.26. The summed E-state index contributed by atoms with van der Waals surface area (Å²) in [7, 11) is 0. The Labute approximate surface area is 212 Å². The number of aryl methyl sites for hydroxylation is 1. The van der Waals surface area contributed by atoms with Crippen LogP contribution in [-0.2, 0) is 16.1 Å². The van der Waals surface area contributed by atoms with Gasteiger partial charge >= 0.3 is 0 Å². The number of ether oxygens (including phenoxy) is 1. The number of hydrogen-bond acceptors (Lipinski definition) is 4. The molecule has 36 heavy (non-hydrogen) atoms. The maximum absolute atomic E-state index is 13.6. The SMILES string of the molecule is C=C(C)COc1ccc(C2C3=C(CN(C(C)=O)C3=O)Nc3cccc4c3c2cn4CCC(C)C)cc1. The molecule has 1 atom stereocenters. The second-order valence-electron chi connectivity index (χ2n) is 10.3. The zero-order chi connectivity index (χ0) is 25.6. The maximum Gasteiger partial charge on any atom is 0.259 e. The third-order valence-electron chi connectivity index (χ3n) is 6.96.